The third-order valence-corrected chi connectivity index (χ3v) is 4.99. The van der Waals surface area contributed by atoms with E-state index in [-0.39, 0.29) is 12.4 Å². The third-order valence-electron chi connectivity index (χ3n) is 4.53. The van der Waals surface area contributed by atoms with Crippen LogP contribution >= 0.6 is 28.3 Å². The first-order chi connectivity index (χ1) is 10.3. The van der Waals surface area contributed by atoms with E-state index in [1.54, 1.807) is 0 Å². The molecule has 0 atom stereocenters. The van der Waals surface area contributed by atoms with Gasteiger partial charge in [0.2, 0.25) is 0 Å². The van der Waals surface area contributed by atoms with Crippen LogP contribution in [0.2, 0.25) is 0 Å². The molecule has 1 N–H and O–H groups in total. The van der Waals surface area contributed by atoms with Gasteiger partial charge in [0.25, 0.3) is 0 Å². The predicted molar refractivity (Wildman–Crippen MR) is 97.2 cm³/mol. The van der Waals surface area contributed by atoms with E-state index in [2.05, 4.69) is 45.2 Å². The summed E-state index contributed by atoms with van der Waals surface area (Å²) in [5, 5.41) is 3.47. The molecule has 0 aliphatic carbocycles. The van der Waals surface area contributed by atoms with E-state index < -0.39 is 0 Å². The second-order valence-corrected chi connectivity index (χ2v) is 7.02. The normalized spacial score (nSPS) is 18.0. The first-order valence-corrected chi connectivity index (χ1v) is 8.96. The molecule has 0 radical (unpaired) electrons. The van der Waals surface area contributed by atoms with Gasteiger partial charge in [0, 0.05) is 29.0 Å². The zero-order valence-corrected chi connectivity index (χ0v) is 15.6. The Bertz CT molecular complexity index is 492. The van der Waals surface area contributed by atoms with Gasteiger partial charge in [0.15, 0.2) is 0 Å². The standard InChI is InChI=1S/C17H25BrN2O.ClH/c1-2-8-20(16-3-6-19-7-4-16)12-14-11-15(18)10-13-5-9-21-17(13)14;/h10-11,16,19H,2-9,12H2,1H3;1H. The van der Waals surface area contributed by atoms with Crippen LogP contribution in [0.4, 0.5) is 0 Å². The molecule has 1 saturated heterocycles. The Morgan fingerprint density at radius 2 is 2.09 bits per heavy atom. The van der Waals surface area contributed by atoms with Crippen LogP contribution in [0, 0.1) is 0 Å². The number of piperidine rings is 1. The van der Waals surface area contributed by atoms with Gasteiger partial charge in [-0.3, -0.25) is 4.90 Å². The molecular weight excluding hydrogens is 364 g/mol. The fourth-order valence-electron chi connectivity index (χ4n) is 3.53. The van der Waals surface area contributed by atoms with Crippen molar-refractivity contribution in [1.29, 1.82) is 0 Å². The van der Waals surface area contributed by atoms with Gasteiger partial charge in [0.05, 0.1) is 6.61 Å². The van der Waals surface area contributed by atoms with E-state index in [0.717, 1.165) is 38.4 Å². The number of nitrogens with one attached hydrogen (secondary N) is 1. The van der Waals surface area contributed by atoms with Gasteiger partial charge in [-0.2, -0.15) is 0 Å². The molecule has 124 valence electrons. The summed E-state index contributed by atoms with van der Waals surface area (Å²) in [5.41, 5.74) is 2.71. The van der Waals surface area contributed by atoms with Gasteiger partial charge in [-0.15, -0.1) is 12.4 Å². The highest BCUT2D eigenvalue weighted by atomic mass is 79.9. The molecule has 0 saturated carbocycles. The molecule has 1 fully saturated rings. The van der Waals surface area contributed by atoms with E-state index in [1.165, 1.54) is 41.4 Å². The van der Waals surface area contributed by atoms with Crippen LogP contribution < -0.4 is 10.1 Å². The minimum absolute atomic E-state index is 0. The molecule has 22 heavy (non-hydrogen) atoms. The van der Waals surface area contributed by atoms with Crippen LogP contribution in [0.25, 0.3) is 0 Å². The minimum atomic E-state index is 0. The molecule has 0 amide bonds. The van der Waals surface area contributed by atoms with Crippen molar-refractivity contribution < 1.29 is 4.74 Å². The van der Waals surface area contributed by atoms with Crippen molar-refractivity contribution in [2.24, 2.45) is 0 Å². The van der Waals surface area contributed by atoms with Crippen molar-refractivity contribution in [3.8, 4) is 5.75 Å². The van der Waals surface area contributed by atoms with Gasteiger partial charge in [-0.05, 0) is 56.6 Å². The number of nitrogens with zero attached hydrogens (tertiary/aromatic N) is 1. The molecule has 1 aromatic carbocycles. The number of rotatable bonds is 5. The van der Waals surface area contributed by atoms with Crippen molar-refractivity contribution in [2.75, 3.05) is 26.2 Å². The van der Waals surface area contributed by atoms with E-state index in [1.807, 2.05) is 0 Å². The van der Waals surface area contributed by atoms with Gasteiger partial charge in [-0.25, -0.2) is 0 Å². The van der Waals surface area contributed by atoms with E-state index in [9.17, 15) is 0 Å². The average Bonchev–Trinajstić information content (AvgIpc) is 2.96. The predicted octanol–water partition coefficient (Wildman–Crippen LogP) is 3.77. The first-order valence-electron chi connectivity index (χ1n) is 8.16. The summed E-state index contributed by atoms with van der Waals surface area (Å²) in [6, 6.07) is 5.16. The topological polar surface area (TPSA) is 24.5 Å². The Balaban J connectivity index is 0.00000176. The lowest BCUT2D eigenvalue weighted by atomic mass is 10.0. The molecule has 2 aliphatic heterocycles. The van der Waals surface area contributed by atoms with Crippen LogP contribution in [0.3, 0.4) is 0 Å². The summed E-state index contributed by atoms with van der Waals surface area (Å²) in [7, 11) is 0. The number of benzene rings is 1. The van der Waals surface area contributed by atoms with Crippen LogP contribution in [0.15, 0.2) is 16.6 Å². The Morgan fingerprint density at radius 3 is 2.82 bits per heavy atom. The summed E-state index contributed by atoms with van der Waals surface area (Å²) in [6.45, 7) is 7.60. The van der Waals surface area contributed by atoms with E-state index in [0.29, 0.717) is 6.04 Å². The maximum Gasteiger partial charge on any atom is 0.127 e. The number of hydrogen-bond acceptors (Lipinski definition) is 3. The molecule has 3 nitrogen and oxygen atoms in total. The smallest absolute Gasteiger partial charge is 0.127 e. The number of halogens is 2. The third kappa shape index (κ3) is 4.16. The fourth-order valence-corrected chi connectivity index (χ4v) is 4.08. The summed E-state index contributed by atoms with van der Waals surface area (Å²) in [4.78, 5) is 2.66. The van der Waals surface area contributed by atoms with Crippen molar-refractivity contribution in [2.45, 2.75) is 45.2 Å². The lowest BCUT2D eigenvalue weighted by Gasteiger charge is -2.34. The van der Waals surface area contributed by atoms with Crippen molar-refractivity contribution >= 4 is 28.3 Å². The molecule has 2 heterocycles. The maximum absolute atomic E-state index is 5.89. The van der Waals surface area contributed by atoms with Crippen LogP contribution in [0.5, 0.6) is 5.75 Å². The van der Waals surface area contributed by atoms with Crippen LogP contribution in [-0.4, -0.2) is 37.2 Å². The van der Waals surface area contributed by atoms with E-state index >= 15 is 0 Å². The minimum Gasteiger partial charge on any atom is -0.493 e. The summed E-state index contributed by atoms with van der Waals surface area (Å²) < 4.78 is 7.07. The second-order valence-electron chi connectivity index (χ2n) is 6.10. The largest absolute Gasteiger partial charge is 0.493 e. The van der Waals surface area contributed by atoms with Gasteiger partial charge in [-0.1, -0.05) is 22.9 Å². The monoisotopic (exact) mass is 388 g/mol. The molecular formula is C17H26BrClN2O. The molecule has 1 aromatic rings. The van der Waals surface area contributed by atoms with Crippen LogP contribution in [0.1, 0.15) is 37.3 Å². The Morgan fingerprint density at radius 1 is 1.32 bits per heavy atom. The number of fused-ring (bicyclic) bond motifs is 1. The molecule has 3 rings (SSSR count). The van der Waals surface area contributed by atoms with E-state index in [4.69, 9.17) is 4.74 Å². The first kappa shape index (κ1) is 18.1. The Kier molecular flexibility index (Phi) is 7.00. The zero-order chi connectivity index (χ0) is 14.7. The second kappa shape index (κ2) is 8.53. The molecule has 0 unspecified atom stereocenters. The van der Waals surface area contributed by atoms with Gasteiger partial charge >= 0.3 is 0 Å². The molecule has 0 aromatic heterocycles. The lowest BCUT2D eigenvalue weighted by Crippen LogP contribution is -2.43. The number of ether oxygens (including phenoxy) is 1. The van der Waals surface area contributed by atoms with Crippen molar-refractivity contribution in [3.63, 3.8) is 0 Å². The Hall–Kier alpha value is -0.290. The van der Waals surface area contributed by atoms with Crippen molar-refractivity contribution in [1.82, 2.24) is 10.2 Å². The highest BCUT2D eigenvalue weighted by Crippen LogP contribution is 2.34. The van der Waals surface area contributed by atoms with Crippen molar-refractivity contribution in [3.05, 3.63) is 27.7 Å². The quantitative estimate of drug-likeness (QED) is 0.829. The SMILES string of the molecule is CCCN(Cc1cc(Br)cc2c1OCC2)C1CCNCC1.Cl. The molecule has 0 spiro atoms. The number of hydrogen-bond donors (Lipinski definition) is 1. The summed E-state index contributed by atoms with van der Waals surface area (Å²) in [5.74, 6) is 1.15. The highest BCUT2D eigenvalue weighted by Gasteiger charge is 2.24. The fraction of sp³-hybridized carbons (Fsp3) is 0.647. The molecule has 0 bridgehead atoms. The molecule has 5 heteroatoms. The van der Waals surface area contributed by atoms with Gasteiger partial charge in [0.1, 0.15) is 5.75 Å². The van der Waals surface area contributed by atoms with Gasteiger partial charge < -0.3 is 10.1 Å². The summed E-state index contributed by atoms with van der Waals surface area (Å²) >= 11 is 3.66. The summed E-state index contributed by atoms with van der Waals surface area (Å²) in [6.07, 6.45) is 4.78. The lowest BCUT2D eigenvalue weighted by molar-refractivity contribution is 0.152. The Labute approximate surface area is 148 Å². The zero-order valence-electron chi connectivity index (χ0n) is 13.2. The maximum atomic E-state index is 5.89. The highest BCUT2D eigenvalue weighted by molar-refractivity contribution is 9.10. The average molecular weight is 390 g/mol. The molecule has 2 aliphatic rings. The van der Waals surface area contributed by atoms with Crippen LogP contribution in [-0.2, 0) is 13.0 Å².